The largest absolute Gasteiger partial charge is 0.337 e. The fourth-order valence-electron chi connectivity index (χ4n) is 1.28. The zero-order chi connectivity index (χ0) is 10.9. The minimum Gasteiger partial charge on any atom is -0.337 e. The van der Waals surface area contributed by atoms with Crippen LogP contribution in [0.25, 0.3) is 0 Å². The summed E-state index contributed by atoms with van der Waals surface area (Å²) in [6.45, 7) is 6.92. The van der Waals surface area contributed by atoms with Crippen molar-refractivity contribution in [1.29, 1.82) is 0 Å². The number of rotatable bonds is 3. The SMILES string of the molecule is C=CC(F)(F)c1cn(C)c(C(C)C)n1. The maximum atomic E-state index is 13.1. The second-order valence-electron chi connectivity index (χ2n) is 3.58. The second kappa shape index (κ2) is 3.52. The lowest BCUT2D eigenvalue weighted by Gasteiger charge is -2.06. The molecule has 0 atom stereocenters. The number of hydrogen-bond acceptors (Lipinski definition) is 1. The van der Waals surface area contributed by atoms with Gasteiger partial charge in [0.05, 0.1) is 0 Å². The summed E-state index contributed by atoms with van der Waals surface area (Å²) in [6, 6.07) is 0. The summed E-state index contributed by atoms with van der Waals surface area (Å²) in [4.78, 5) is 3.89. The smallest absolute Gasteiger partial charge is 0.309 e. The maximum Gasteiger partial charge on any atom is 0.309 e. The first kappa shape index (κ1) is 10.9. The highest BCUT2D eigenvalue weighted by Gasteiger charge is 2.31. The summed E-state index contributed by atoms with van der Waals surface area (Å²) in [5, 5.41) is 0. The minimum atomic E-state index is -3.04. The molecule has 1 rings (SSSR count). The molecule has 0 aliphatic rings. The standard InChI is InChI=1S/C10H14F2N2/c1-5-10(11,12)8-6-14(4)9(13-8)7(2)3/h5-7H,1H2,2-4H3. The summed E-state index contributed by atoms with van der Waals surface area (Å²) in [7, 11) is 1.71. The van der Waals surface area contributed by atoms with Crippen molar-refractivity contribution >= 4 is 0 Å². The molecular weight excluding hydrogens is 186 g/mol. The van der Waals surface area contributed by atoms with Crippen LogP contribution in [0.5, 0.6) is 0 Å². The Morgan fingerprint density at radius 1 is 1.57 bits per heavy atom. The molecule has 78 valence electrons. The van der Waals surface area contributed by atoms with Crippen molar-refractivity contribution in [1.82, 2.24) is 9.55 Å². The summed E-state index contributed by atoms with van der Waals surface area (Å²) in [6.07, 6.45) is 1.95. The molecule has 0 aromatic carbocycles. The lowest BCUT2D eigenvalue weighted by molar-refractivity contribution is 0.0479. The molecule has 2 nitrogen and oxygen atoms in total. The van der Waals surface area contributed by atoms with Crippen LogP contribution in [0.3, 0.4) is 0 Å². The van der Waals surface area contributed by atoms with Crippen molar-refractivity contribution in [3.63, 3.8) is 0 Å². The molecule has 0 aliphatic carbocycles. The molecule has 0 saturated carbocycles. The third-order valence-electron chi connectivity index (χ3n) is 2.03. The predicted octanol–water partition coefficient (Wildman–Crippen LogP) is 2.82. The molecule has 0 aliphatic heterocycles. The van der Waals surface area contributed by atoms with E-state index >= 15 is 0 Å². The molecule has 0 radical (unpaired) electrons. The van der Waals surface area contributed by atoms with E-state index in [-0.39, 0.29) is 11.6 Å². The first-order valence-electron chi connectivity index (χ1n) is 4.43. The monoisotopic (exact) mass is 200 g/mol. The van der Waals surface area contributed by atoms with E-state index < -0.39 is 5.92 Å². The summed E-state index contributed by atoms with van der Waals surface area (Å²) in [5.74, 6) is -2.25. The first-order chi connectivity index (χ1) is 6.38. The fraction of sp³-hybridized carbons (Fsp3) is 0.500. The van der Waals surface area contributed by atoms with Crippen molar-refractivity contribution in [2.75, 3.05) is 0 Å². The van der Waals surface area contributed by atoms with Gasteiger partial charge in [-0.15, -0.1) is 0 Å². The van der Waals surface area contributed by atoms with Gasteiger partial charge in [0.15, 0.2) is 0 Å². The van der Waals surface area contributed by atoms with Crippen LogP contribution in [0.4, 0.5) is 8.78 Å². The molecule has 1 aromatic heterocycles. The van der Waals surface area contributed by atoms with Crippen LogP contribution in [0, 0.1) is 0 Å². The molecule has 1 heterocycles. The minimum absolute atomic E-state index is 0.134. The fourth-order valence-corrected chi connectivity index (χ4v) is 1.28. The van der Waals surface area contributed by atoms with Crippen LogP contribution < -0.4 is 0 Å². The number of imidazole rings is 1. The van der Waals surface area contributed by atoms with Gasteiger partial charge >= 0.3 is 5.92 Å². The molecular formula is C10H14F2N2. The molecule has 14 heavy (non-hydrogen) atoms. The van der Waals surface area contributed by atoms with Gasteiger partial charge in [-0.05, 0) is 6.08 Å². The molecule has 0 saturated heterocycles. The summed E-state index contributed by atoms with van der Waals surface area (Å²) >= 11 is 0. The Morgan fingerprint density at radius 3 is 2.50 bits per heavy atom. The number of alkyl halides is 2. The maximum absolute atomic E-state index is 13.1. The van der Waals surface area contributed by atoms with Crippen LogP contribution in [-0.4, -0.2) is 9.55 Å². The van der Waals surface area contributed by atoms with Gasteiger partial charge in [0.1, 0.15) is 11.5 Å². The number of aryl methyl sites for hydroxylation is 1. The molecule has 0 fully saturated rings. The number of hydrogen-bond donors (Lipinski definition) is 0. The van der Waals surface area contributed by atoms with Crippen molar-refractivity contribution in [2.24, 2.45) is 7.05 Å². The lowest BCUT2D eigenvalue weighted by atomic mass is 10.2. The van der Waals surface area contributed by atoms with E-state index in [1.807, 2.05) is 13.8 Å². The van der Waals surface area contributed by atoms with Crippen LogP contribution in [0.1, 0.15) is 31.3 Å². The van der Waals surface area contributed by atoms with E-state index in [0.717, 1.165) is 0 Å². The van der Waals surface area contributed by atoms with Gasteiger partial charge in [-0.3, -0.25) is 0 Å². The van der Waals surface area contributed by atoms with E-state index in [0.29, 0.717) is 11.9 Å². The Balaban J connectivity index is 3.14. The Hall–Kier alpha value is -1.19. The van der Waals surface area contributed by atoms with Crippen LogP contribution in [0.15, 0.2) is 18.9 Å². The quantitative estimate of drug-likeness (QED) is 0.686. The van der Waals surface area contributed by atoms with E-state index in [1.54, 1.807) is 11.6 Å². The third-order valence-corrected chi connectivity index (χ3v) is 2.03. The molecule has 4 heteroatoms. The number of allylic oxidation sites excluding steroid dienone is 1. The number of aromatic nitrogens is 2. The van der Waals surface area contributed by atoms with Gasteiger partial charge in [-0.2, -0.15) is 8.78 Å². The van der Waals surface area contributed by atoms with Crippen molar-refractivity contribution in [3.05, 3.63) is 30.4 Å². The van der Waals surface area contributed by atoms with E-state index in [9.17, 15) is 8.78 Å². The summed E-state index contributed by atoms with van der Waals surface area (Å²) < 4.78 is 27.9. The predicted molar refractivity (Wildman–Crippen MR) is 51.4 cm³/mol. The first-order valence-corrected chi connectivity index (χ1v) is 4.43. The Bertz CT molecular complexity index is 340. The van der Waals surface area contributed by atoms with Crippen LogP contribution in [0.2, 0.25) is 0 Å². The van der Waals surface area contributed by atoms with Gasteiger partial charge in [0.2, 0.25) is 0 Å². The van der Waals surface area contributed by atoms with Crippen LogP contribution in [-0.2, 0) is 13.0 Å². The van der Waals surface area contributed by atoms with Gasteiger partial charge in [-0.25, -0.2) is 4.98 Å². The highest BCUT2D eigenvalue weighted by Crippen LogP contribution is 2.29. The van der Waals surface area contributed by atoms with Gasteiger partial charge in [0, 0.05) is 19.2 Å². The molecule has 0 amide bonds. The topological polar surface area (TPSA) is 17.8 Å². The Morgan fingerprint density at radius 2 is 2.14 bits per heavy atom. The zero-order valence-corrected chi connectivity index (χ0v) is 8.59. The molecule has 0 bridgehead atoms. The molecule has 0 unspecified atom stereocenters. The lowest BCUT2D eigenvalue weighted by Crippen LogP contribution is -2.09. The Kier molecular flexibility index (Phi) is 2.73. The van der Waals surface area contributed by atoms with Gasteiger partial charge in [-0.1, -0.05) is 20.4 Å². The Labute approximate surface area is 82.3 Å². The normalized spacial score (nSPS) is 12.1. The van der Waals surface area contributed by atoms with Crippen LogP contribution >= 0.6 is 0 Å². The highest BCUT2D eigenvalue weighted by molar-refractivity contribution is 5.16. The average Bonchev–Trinajstić information content (AvgIpc) is 2.48. The molecule has 0 spiro atoms. The average molecular weight is 200 g/mol. The third kappa shape index (κ3) is 1.84. The molecule has 0 N–H and O–H groups in total. The highest BCUT2D eigenvalue weighted by atomic mass is 19.3. The van der Waals surface area contributed by atoms with E-state index in [2.05, 4.69) is 11.6 Å². The number of nitrogens with zero attached hydrogens (tertiary/aromatic N) is 2. The van der Waals surface area contributed by atoms with Gasteiger partial charge in [0.25, 0.3) is 0 Å². The van der Waals surface area contributed by atoms with E-state index in [1.165, 1.54) is 6.20 Å². The molecule has 1 aromatic rings. The van der Waals surface area contributed by atoms with E-state index in [4.69, 9.17) is 0 Å². The number of halogens is 2. The van der Waals surface area contributed by atoms with Crippen molar-refractivity contribution in [2.45, 2.75) is 25.7 Å². The summed E-state index contributed by atoms with van der Waals surface area (Å²) in [5.41, 5.74) is -0.237. The van der Waals surface area contributed by atoms with Gasteiger partial charge < -0.3 is 4.57 Å². The second-order valence-corrected chi connectivity index (χ2v) is 3.58. The van der Waals surface area contributed by atoms with Crippen molar-refractivity contribution in [3.8, 4) is 0 Å². The van der Waals surface area contributed by atoms with Crippen molar-refractivity contribution < 1.29 is 8.78 Å². The zero-order valence-electron chi connectivity index (χ0n) is 8.59.